The van der Waals surface area contributed by atoms with Crippen molar-refractivity contribution in [2.75, 3.05) is 0 Å². The quantitative estimate of drug-likeness (QED) is 0.431. The number of amides is 1. The molecule has 0 radical (unpaired) electrons. The minimum Gasteiger partial charge on any atom is -0.507 e. The average molecular weight is 341 g/mol. The SMILES string of the molecule is O=C(N/N=C\c1csc([N+](=O)[O-])c1)c1cc2ccccc2cc1O. The molecule has 120 valence electrons. The lowest BCUT2D eigenvalue weighted by Gasteiger charge is -2.05. The molecule has 0 spiro atoms. The zero-order chi connectivity index (χ0) is 17.1. The summed E-state index contributed by atoms with van der Waals surface area (Å²) in [5.41, 5.74) is 2.90. The van der Waals surface area contributed by atoms with Gasteiger partial charge in [0.1, 0.15) is 5.75 Å². The maximum absolute atomic E-state index is 12.1. The van der Waals surface area contributed by atoms with E-state index in [2.05, 4.69) is 10.5 Å². The van der Waals surface area contributed by atoms with Gasteiger partial charge in [-0.2, -0.15) is 5.10 Å². The molecule has 0 saturated heterocycles. The number of rotatable bonds is 4. The summed E-state index contributed by atoms with van der Waals surface area (Å²) in [6.07, 6.45) is 1.31. The number of hydrogen-bond donors (Lipinski definition) is 2. The number of hydrogen-bond acceptors (Lipinski definition) is 6. The Labute approximate surface area is 140 Å². The monoisotopic (exact) mass is 341 g/mol. The Morgan fingerprint density at radius 2 is 1.96 bits per heavy atom. The number of carbonyl (C=O) groups is 1. The summed E-state index contributed by atoms with van der Waals surface area (Å²) in [6, 6.07) is 11.8. The molecule has 3 rings (SSSR count). The molecule has 1 amide bonds. The molecule has 3 aromatic rings. The Bertz CT molecular complexity index is 965. The van der Waals surface area contributed by atoms with Crippen LogP contribution in [-0.4, -0.2) is 22.2 Å². The van der Waals surface area contributed by atoms with Crippen LogP contribution in [0.3, 0.4) is 0 Å². The molecule has 1 heterocycles. The lowest BCUT2D eigenvalue weighted by atomic mass is 10.1. The van der Waals surface area contributed by atoms with Gasteiger partial charge in [-0.1, -0.05) is 35.6 Å². The fourth-order valence-electron chi connectivity index (χ4n) is 2.14. The number of hydrazone groups is 1. The second-order valence-corrected chi connectivity index (χ2v) is 5.78. The van der Waals surface area contributed by atoms with Gasteiger partial charge in [0.05, 0.1) is 16.7 Å². The zero-order valence-corrected chi connectivity index (χ0v) is 13.0. The zero-order valence-electron chi connectivity index (χ0n) is 12.2. The van der Waals surface area contributed by atoms with Crippen LogP contribution in [0.2, 0.25) is 0 Å². The molecule has 0 fully saturated rings. The van der Waals surface area contributed by atoms with E-state index in [1.807, 2.05) is 24.3 Å². The third kappa shape index (κ3) is 3.23. The summed E-state index contributed by atoms with van der Waals surface area (Å²) in [5.74, 6) is -0.716. The number of thiophene rings is 1. The standard InChI is InChI=1S/C16H11N3O4S/c20-14-7-12-4-2-1-3-11(12)6-13(14)16(21)18-17-8-10-5-15(19(22)23)24-9-10/h1-9,20H,(H,18,21)/b17-8-. The first-order chi connectivity index (χ1) is 11.5. The number of phenolic OH excluding ortho intramolecular Hbond substituents is 1. The lowest BCUT2D eigenvalue weighted by molar-refractivity contribution is -0.380. The van der Waals surface area contributed by atoms with Gasteiger partial charge in [-0.05, 0) is 22.9 Å². The van der Waals surface area contributed by atoms with E-state index in [0.717, 1.165) is 22.1 Å². The van der Waals surface area contributed by atoms with Gasteiger partial charge in [0.2, 0.25) is 0 Å². The fraction of sp³-hybridized carbons (Fsp3) is 0. The highest BCUT2D eigenvalue weighted by Crippen LogP contribution is 2.25. The summed E-state index contributed by atoms with van der Waals surface area (Å²) in [5, 5.41) is 27.5. The minimum atomic E-state index is -0.570. The molecule has 0 aliphatic rings. The molecule has 0 aliphatic heterocycles. The van der Waals surface area contributed by atoms with Crippen molar-refractivity contribution in [1.29, 1.82) is 0 Å². The van der Waals surface area contributed by atoms with Crippen LogP contribution in [0.25, 0.3) is 10.8 Å². The van der Waals surface area contributed by atoms with Crippen molar-refractivity contribution in [2.45, 2.75) is 0 Å². The number of phenols is 1. The van der Waals surface area contributed by atoms with Gasteiger partial charge >= 0.3 is 5.00 Å². The topological polar surface area (TPSA) is 105 Å². The highest BCUT2D eigenvalue weighted by Gasteiger charge is 2.12. The first kappa shape index (κ1) is 15.6. The second kappa shape index (κ2) is 6.47. The third-order valence-electron chi connectivity index (χ3n) is 3.27. The summed E-state index contributed by atoms with van der Waals surface area (Å²) < 4.78 is 0. The molecular formula is C16H11N3O4S. The van der Waals surface area contributed by atoms with E-state index in [1.54, 1.807) is 11.4 Å². The second-order valence-electron chi connectivity index (χ2n) is 4.89. The van der Waals surface area contributed by atoms with E-state index >= 15 is 0 Å². The number of aromatic hydroxyl groups is 1. The number of fused-ring (bicyclic) bond motifs is 1. The van der Waals surface area contributed by atoms with E-state index in [-0.39, 0.29) is 16.3 Å². The first-order valence-electron chi connectivity index (χ1n) is 6.82. The molecule has 0 saturated carbocycles. The van der Waals surface area contributed by atoms with E-state index in [4.69, 9.17) is 0 Å². The third-order valence-corrected chi connectivity index (χ3v) is 4.17. The molecule has 0 aliphatic carbocycles. The van der Waals surface area contributed by atoms with E-state index in [9.17, 15) is 20.0 Å². The van der Waals surface area contributed by atoms with Crippen LogP contribution in [0, 0.1) is 10.1 Å². The van der Waals surface area contributed by atoms with Crippen LogP contribution >= 0.6 is 11.3 Å². The predicted octanol–water partition coefficient (Wildman–Crippen LogP) is 3.28. The highest BCUT2D eigenvalue weighted by atomic mass is 32.1. The fourth-order valence-corrected chi connectivity index (χ4v) is 2.81. The van der Waals surface area contributed by atoms with Gasteiger partial charge in [-0.25, -0.2) is 5.43 Å². The molecular weight excluding hydrogens is 330 g/mol. The van der Waals surface area contributed by atoms with Crippen LogP contribution in [-0.2, 0) is 0 Å². The lowest BCUT2D eigenvalue weighted by Crippen LogP contribution is -2.17. The number of benzene rings is 2. The molecule has 0 atom stereocenters. The highest BCUT2D eigenvalue weighted by molar-refractivity contribution is 7.13. The predicted molar refractivity (Wildman–Crippen MR) is 91.6 cm³/mol. The number of nitrogens with zero attached hydrogens (tertiary/aromatic N) is 2. The van der Waals surface area contributed by atoms with Crippen LogP contribution in [0.4, 0.5) is 5.00 Å². The van der Waals surface area contributed by atoms with Gasteiger partial charge in [-0.3, -0.25) is 14.9 Å². The number of nitrogens with one attached hydrogen (secondary N) is 1. The molecule has 8 heteroatoms. The van der Waals surface area contributed by atoms with Gasteiger partial charge in [0.15, 0.2) is 0 Å². The summed E-state index contributed by atoms with van der Waals surface area (Å²) in [7, 11) is 0. The molecule has 0 bridgehead atoms. The molecule has 1 aromatic heterocycles. The minimum absolute atomic E-state index is 0.00468. The number of carbonyl (C=O) groups excluding carboxylic acids is 1. The van der Waals surface area contributed by atoms with Gasteiger partial charge in [-0.15, -0.1) is 0 Å². The Kier molecular flexibility index (Phi) is 4.21. The van der Waals surface area contributed by atoms with Crippen LogP contribution in [0.5, 0.6) is 5.75 Å². The maximum atomic E-state index is 12.1. The largest absolute Gasteiger partial charge is 0.507 e. The maximum Gasteiger partial charge on any atom is 0.324 e. The van der Waals surface area contributed by atoms with Gasteiger partial charge < -0.3 is 5.11 Å². The van der Waals surface area contributed by atoms with Crippen molar-refractivity contribution in [3.63, 3.8) is 0 Å². The smallest absolute Gasteiger partial charge is 0.324 e. The van der Waals surface area contributed by atoms with Crippen LogP contribution < -0.4 is 5.43 Å². The molecule has 0 unspecified atom stereocenters. The van der Waals surface area contributed by atoms with Crippen molar-refractivity contribution in [2.24, 2.45) is 5.10 Å². The van der Waals surface area contributed by atoms with Crippen molar-refractivity contribution < 1.29 is 14.8 Å². The van der Waals surface area contributed by atoms with E-state index < -0.39 is 10.8 Å². The van der Waals surface area contributed by atoms with Crippen LogP contribution in [0.15, 0.2) is 52.9 Å². The van der Waals surface area contributed by atoms with E-state index in [1.165, 1.54) is 18.3 Å². The van der Waals surface area contributed by atoms with Crippen molar-refractivity contribution in [3.05, 3.63) is 69.1 Å². The van der Waals surface area contributed by atoms with Gasteiger partial charge in [0.25, 0.3) is 5.91 Å². The first-order valence-corrected chi connectivity index (χ1v) is 7.70. The molecule has 24 heavy (non-hydrogen) atoms. The Morgan fingerprint density at radius 3 is 2.62 bits per heavy atom. The molecule has 2 aromatic carbocycles. The average Bonchev–Trinajstić information content (AvgIpc) is 3.03. The van der Waals surface area contributed by atoms with E-state index in [0.29, 0.717) is 5.56 Å². The van der Waals surface area contributed by atoms with Crippen LogP contribution in [0.1, 0.15) is 15.9 Å². The Morgan fingerprint density at radius 1 is 1.25 bits per heavy atom. The molecule has 2 N–H and O–H groups in total. The number of nitro groups is 1. The summed E-state index contributed by atoms with van der Waals surface area (Å²) in [4.78, 5) is 22.2. The van der Waals surface area contributed by atoms with Crippen molar-refractivity contribution >= 4 is 39.2 Å². The Hall–Kier alpha value is -3.26. The molecule has 7 nitrogen and oxygen atoms in total. The van der Waals surface area contributed by atoms with Crippen molar-refractivity contribution in [3.8, 4) is 5.75 Å². The Balaban J connectivity index is 1.75. The summed E-state index contributed by atoms with van der Waals surface area (Å²) >= 11 is 0.974. The van der Waals surface area contributed by atoms with Gasteiger partial charge in [0, 0.05) is 17.0 Å². The normalized spacial score (nSPS) is 11.0. The summed E-state index contributed by atoms with van der Waals surface area (Å²) in [6.45, 7) is 0. The van der Waals surface area contributed by atoms with Crippen molar-refractivity contribution in [1.82, 2.24) is 5.43 Å².